The molecule has 2 aromatic carbocycles. The van der Waals surface area contributed by atoms with E-state index in [-0.39, 0.29) is 24.5 Å². The minimum absolute atomic E-state index is 0.000915. The van der Waals surface area contributed by atoms with E-state index >= 15 is 0 Å². The van der Waals surface area contributed by atoms with Crippen LogP contribution in [0.25, 0.3) is 16.7 Å². The maximum atomic E-state index is 13.3. The summed E-state index contributed by atoms with van der Waals surface area (Å²) in [4.78, 5) is 47.3. The summed E-state index contributed by atoms with van der Waals surface area (Å²) in [5.41, 5.74) is 3.35. The number of ether oxygens (including phenoxy) is 1. The van der Waals surface area contributed by atoms with Crippen molar-refractivity contribution in [2.75, 3.05) is 13.2 Å². The Labute approximate surface area is 213 Å². The lowest BCUT2D eigenvalue weighted by atomic mass is 9.94. The van der Waals surface area contributed by atoms with Crippen molar-refractivity contribution in [3.63, 3.8) is 0 Å². The summed E-state index contributed by atoms with van der Waals surface area (Å²) in [5, 5.41) is 12.2. The fraction of sp³-hybridized carbons (Fsp3) is 0.172. The second-order valence-corrected chi connectivity index (χ2v) is 8.68. The van der Waals surface area contributed by atoms with Crippen molar-refractivity contribution in [2.24, 2.45) is 0 Å². The van der Waals surface area contributed by atoms with Crippen molar-refractivity contribution in [1.82, 2.24) is 14.9 Å². The van der Waals surface area contributed by atoms with Crippen LogP contribution in [0.1, 0.15) is 40.0 Å². The number of benzene rings is 2. The van der Waals surface area contributed by atoms with Crippen molar-refractivity contribution in [3.8, 4) is 0 Å². The minimum Gasteiger partial charge on any atom is -0.507 e. The van der Waals surface area contributed by atoms with Gasteiger partial charge in [0, 0.05) is 41.6 Å². The van der Waals surface area contributed by atoms with Gasteiger partial charge < -0.3 is 19.7 Å². The molecule has 1 saturated heterocycles. The summed E-state index contributed by atoms with van der Waals surface area (Å²) in [7, 11) is 0. The number of carbonyl (C=O) groups excluding carboxylic acids is 3. The summed E-state index contributed by atoms with van der Waals surface area (Å²) in [6.45, 7) is 2.23. The van der Waals surface area contributed by atoms with E-state index in [0.717, 1.165) is 16.5 Å². The molecular weight excluding hydrogens is 470 g/mol. The Hall–Kier alpha value is -4.72. The van der Waals surface area contributed by atoms with Crippen molar-refractivity contribution in [3.05, 3.63) is 107 Å². The van der Waals surface area contributed by atoms with Crippen LogP contribution in [0.3, 0.4) is 0 Å². The number of nitrogens with zero attached hydrogens (tertiary/aromatic N) is 2. The van der Waals surface area contributed by atoms with Gasteiger partial charge in [-0.2, -0.15) is 0 Å². The number of amides is 1. The number of para-hydroxylation sites is 1. The van der Waals surface area contributed by atoms with Crippen molar-refractivity contribution < 1.29 is 24.2 Å². The highest BCUT2D eigenvalue weighted by Crippen LogP contribution is 2.39. The van der Waals surface area contributed by atoms with Crippen LogP contribution in [-0.4, -0.2) is 50.8 Å². The molecule has 0 bridgehead atoms. The molecule has 2 aromatic heterocycles. The normalized spacial score (nSPS) is 16.9. The molecule has 37 heavy (non-hydrogen) atoms. The molecule has 4 aromatic rings. The van der Waals surface area contributed by atoms with Crippen LogP contribution in [0.2, 0.25) is 0 Å². The predicted octanol–water partition coefficient (Wildman–Crippen LogP) is 4.40. The summed E-state index contributed by atoms with van der Waals surface area (Å²) >= 11 is 0. The number of hydrogen-bond donors (Lipinski definition) is 2. The fourth-order valence-electron chi connectivity index (χ4n) is 4.72. The van der Waals surface area contributed by atoms with Crippen LogP contribution in [0.4, 0.5) is 0 Å². The molecule has 8 nitrogen and oxygen atoms in total. The van der Waals surface area contributed by atoms with Gasteiger partial charge >= 0.3 is 5.97 Å². The second-order valence-electron chi connectivity index (χ2n) is 8.68. The number of hydrogen-bond acceptors (Lipinski definition) is 6. The molecule has 1 unspecified atom stereocenters. The van der Waals surface area contributed by atoms with E-state index in [9.17, 15) is 19.5 Å². The quantitative estimate of drug-likeness (QED) is 0.170. The van der Waals surface area contributed by atoms with Crippen LogP contribution in [-0.2, 0) is 20.7 Å². The number of aromatic nitrogens is 2. The largest absolute Gasteiger partial charge is 0.507 e. The van der Waals surface area contributed by atoms with Gasteiger partial charge in [-0.3, -0.25) is 14.6 Å². The molecule has 2 N–H and O–H groups in total. The number of aliphatic hydroxyl groups excluding tert-OH is 1. The first-order valence-corrected chi connectivity index (χ1v) is 12.0. The van der Waals surface area contributed by atoms with Gasteiger partial charge in [0.1, 0.15) is 5.76 Å². The van der Waals surface area contributed by atoms with Gasteiger partial charge in [0.2, 0.25) is 0 Å². The van der Waals surface area contributed by atoms with Crippen LogP contribution >= 0.6 is 0 Å². The summed E-state index contributed by atoms with van der Waals surface area (Å²) in [6.07, 6.45) is 5.42. The number of aromatic amines is 1. The Morgan fingerprint density at radius 1 is 1.03 bits per heavy atom. The third kappa shape index (κ3) is 4.49. The highest BCUT2D eigenvalue weighted by molar-refractivity contribution is 6.46. The molecule has 0 saturated carbocycles. The van der Waals surface area contributed by atoms with Gasteiger partial charge in [-0.25, -0.2) is 4.79 Å². The van der Waals surface area contributed by atoms with E-state index in [1.54, 1.807) is 43.3 Å². The maximum Gasteiger partial charge on any atom is 0.338 e. The molecule has 0 aliphatic carbocycles. The minimum atomic E-state index is -0.824. The van der Waals surface area contributed by atoms with E-state index in [4.69, 9.17) is 4.74 Å². The lowest BCUT2D eigenvalue weighted by Crippen LogP contribution is -2.31. The molecule has 0 spiro atoms. The molecule has 3 heterocycles. The third-order valence-electron chi connectivity index (χ3n) is 6.53. The predicted molar refractivity (Wildman–Crippen MR) is 138 cm³/mol. The number of rotatable bonds is 7. The van der Waals surface area contributed by atoms with Gasteiger partial charge in [0.15, 0.2) is 0 Å². The molecule has 8 heteroatoms. The Bertz CT molecular complexity index is 1510. The smallest absolute Gasteiger partial charge is 0.338 e. The second kappa shape index (κ2) is 10.1. The van der Waals surface area contributed by atoms with E-state index in [2.05, 4.69) is 9.97 Å². The number of likely N-dealkylation sites (tertiary alicyclic amines) is 1. The number of Topliss-reactive ketones (excluding diaryl/α,β-unsaturated/α-hetero) is 1. The zero-order chi connectivity index (χ0) is 25.9. The average Bonchev–Trinajstić information content (AvgIpc) is 3.46. The molecule has 0 radical (unpaired) electrons. The summed E-state index contributed by atoms with van der Waals surface area (Å²) in [6, 6.07) is 16.8. The molecule has 5 rings (SSSR count). The average molecular weight is 496 g/mol. The highest BCUT2D eigenvalue weighted by atomic mass is 16.5. The molecule has 1 amide bonds. The Kier molecular flexibility index (Phi) is 6.55. The summed E-state index contributed by atoms with van der Waals surface area (Å²) < 4.78 is 5.06. The lowest BCUT2D eigenvalue weighted by molar-refractivity contribution is -0.139. The zero-order valence-electron chi connectivity index (χ0n) is 20.2. The molecule has 186 valence electrons. The lowest BCUT2D eigenvalue weighted by Gasteiger charge is -2.25. The molecule has 1 fully saturated rings. The van der Waals surface area contributed by atoms with Crippen LogP contribution in [0.5, 0.6) is 0 Å². The zero-order valence-corrected chi connectivity index (χ0v) is 20.2. The number of aliphatic hydroxyl groups is 1. The van der Waals surface area contributed by atoms with Crippen molar-refractivity contribution >= 4 is 34.3 Å². The Morgan fingerprint density at radius 3 is 2.49 bits per heavy atom. The fourth-order valence-corrected chi connectivity index (χ4v) is 4.72. The van der Waals surface area contributed by atoms with Gasteiger partial charge in [-0.1, -0.05) is 30.3 Å². The number of ketones is 1. The van der Waals surface area contributed by atoms with Crippen molar-refractivity contribution in [1.29, 1.82) is 0 Å². The number of pyridine rings is 1. The number of esters is 1. The number of fused-ring (bicyclic) bond motifs is 1. The van der Waals surface area contributed by atoms with Crippen molar-refractivity contribution in [2.45, 2.75) is 19.4 Å². The van der Waals surface area contributed by atoms with Crippen LogP contribution in [0, 0.1) is 0 Å². The maximum absolute atomic E-state index is 13.3. The van der Waals surface area contributed by atoms with Gasteiger partial charge in [0.25, 0.3) is 11.7 Å². The van der Waals surface area contributed by atoms with E-state index < -0.39 is 23.7 Å². The van der Waals surface area contributed by atoms with E-state index in [1.165, 1.54) is 17.3 Å². The Morgan fingerprint density at radius 2 is 1.76 bits per heavy atom. The highest BCUT2D eigenvalue weighted by Gasteiger charge is 2.45. The van der Waals surface area contributed by atoms with Gasteiger partial charge in [0.05, 0.1) is 23.8 Å². The molecule has 1 atom stereocenters. The first kappa shape index (κ1) is 24.0. The first-order chi connectivity index (χ1) is 18.0. The number of H-pyrrole nitrogens is 1. The van der Waals surface area contributed by atoms with E-state index in [1.807, 2.05) is 30.5 Å². The van der Waals surface area contributed by atoms with Gasteiger partial charge in [-0.05, 0) is 54.8 Å². The van der Waals surface area contributed by atoms with E-state index in [0.29, 0.717) is 23.1 Å². The van der Waals surface area contributed by atoms with Crippen LogP contribution in [0.15, 0.2) is 84.8 Å². The number of nitrogens with one attached hydrogen (secondary N) is 1. The monoisotopic (exact) mass is 495 g/mol. The molecule has 1 aliphatic heterocycles. The number of carbonyl (C=O) groups is 3. The SMILES string of the molecule is CCOC(=O)c1ccc(C2/C(=C(\O)c3ccncc3)C(=O)C(=O)N2CCc2c[nH]c3ccccc23)cc1. The third-order valence-corrected chi connectivity index (χ3v) is 6.53. The van der Waals surface area contributed by atoms with Gasteiger partial charge in [-0.15, -0.1) is 0 Å². The Balaban J connectivity index is 1.54. The topological polar surface area (TPSA) is 113 Å². The molecule has 1 aliphatic rings. The first-order valence-electron chi connectivity index (χ1n) is 12.0. The van der Waals surface area contributed by atoms with Crippen LogP contribution < -0.4 is 0 Å². The standard InChI is InChI=1S/C29H25N3O5/c1-2-37-29(36)20-9-7-18(8-10-20)25-24(26(33)19-11-14-30-15-12-19)27(34)28(35)32(25)16-13-21-17-31-23-6-4-3-5-22(21)23/h3-12,14-15,17,25,31,33H,2,13,16H2,1H3/b26-24+. The summed E-state index contributed by atoms with van der Waals surface area (Å²) in [5.74, 6) is -2.17. The molecular formula is C29H25N3O5.